The van der Waals surface area contributed by atoms with Crippen molar-refractivity contribution >= 4 is 28.8 Å². The first-order chi connectivity index (χ1) is 14.4. The molecule has 0 aliphatic carbocycles. The van der Waals surface area contributed by atoms with E-state index in [9.17, 15) is 4.79 Å². The molecule has 158 valence electrons. The predicted molar refractivity (Wildman–Crippen MR) is 128 cm³/mol. The van der Waals surface area contributed by atoms with E-state index in [0.29, 0.717) is 0 Å². The van der Waals surface area contributed by atoms with Gasteiger partial charge in [0.25, 0.3) is 0 Å². The minimum atomic E-state index is -0.169. The van der Waals surface area contributed by atoms with Crippen molar-refractivity contribution in [1.82, 2.24) is 5.32 Å². The molecule has 0 spiro atoms. The first kappa shape index (κ1) is 22.2. The van der Waals surface area contributed by atoms with Gasteiger partial charge >= 0.3 is 0 Å². The maximum Gasteiger partial charge on any atom is 0.236 e. The lowest BCUT2D eigenvalue weighted by Crippen LogP contribution is -2.30. The van der Waals surface area contributed by atoms with E-state index in [1.54, 1.807) is 0 Å². The summed E-state index contributed by atoms with van der Waals surface area (Å²) in [6, 6.07) is 14.1. The van der Waals surface area contributed by atoms with Crippen LogP contribution >= 0.6 is 11.6 Å². The Morgan fingerprint density at radius 2 is 1.97 bits per heavy atom. The molecule has 0 radical (unpaired) electrons. The van der Waals surface area contributed by atoms with Crippen LogP contribution in [-0.4, -0.2) is 19.0 Å². The first-order valence-electron chi connectivity index (χ1n) is 10.7. The minimum absolute atomic E-state index is 0.131. The second kappa shape index (κ2) is 9.99. The maximum absolute atomic E-state index is 12.9. The molecule has 1 unspecified atom stereocenters. The SMILES string of the molecule is C=C(NCC/C(=C/CC)c1cc(Cl)ccc1C)C1CCN(c2ccc(C)cc2)C1=O. The third-order valence-corrected chi connectivity index (χ3v) is 5.95. The van der Waals surface area contributed by atoms with E-state index in [4.69, 9.17) is 11.6 Å². The van der Waals surface area contributed by atoms with E-state index in [2.05, 4.69) is 44.8 Å². The summed E-state index contributed by atoms with van der Waals surface area (Å²) in [7, 11) is 0. The van der Waals surface area contributed by atoms with E-state index >= 15 is 0 Å². The van der Waals surface area contributed by atoms with Crippen molar-refractivity contribution in [2.24, 2.45) is 5.92 Å². The Balaban J connectivity index is 1.59. The lowest BCUT2D eigenvalue weighted by atomic mass is 9.97. The molecule has 2 aromatic rings. The molecule has 1 fully saturated rings. The number of nitrogens with zero attached hydrogens (tertiary/aromatic N) is 1. The molecule has 1 aliphatic rings. The molecule has 3 nitrogen and oxygen atoms in total. The molecular weight excluding hydrogens is 392 g/mol. The quantitative estimate of drug-likeness (QED) is 0.541. The molecule has 0 aromatic heterocycles. The summed E-state index contributed by atoms with van der Waals surface area (Å²) in [6.07, 6.45) is 4.87. The average molecular weight is 423 g/mol. The molecule has 4 heteroatoms. The standard InChI is InChI=1S/C26H31ClN2O/c1-5-6-21(25-17-22(27)10-9-19(25)3)13-15-28-20(4)24-14-16-29(26(24)30)23-11-7-18(2)8-12-23/h6-12,17,24,28H,4-5,13-16H2,1-3H3/b21-6-. The van der Waals surface area contributed by atoms with Gasteiger partial charge in [-0.05, 0) is 74.1 Å². The molecule has 30 heavy (non-hydrogen) atoms. The number of rotatable bonds is 8. The van der Waals surface area contributed by atoms with Crippen molar-refractivity contribution in [2.75, 3.05) is 18.0 Å². The van der Waals surface area contributed by atoms with Crippen LogP contribution in [0.2, 0.25) is 5.02 Å². The fourth-order valence-corrected chi connectivity index (χ4v) is 4.17. The summed E-state index contributed by atoms with van der Waals surface area (Å²) in [5.41, 5.74) is 6.66. The van der Waals surface area contributed by atoms with Crippen molar-refractivity contribution in [3.63, 3.8) is 0 Å². The lowest BCUT2D eigenvalue weighted by molar-refractivity contribution is -0.119. The van der Waals surface area contributed by atoms with Gasteiger partial charge in [-0.1, -0.05) is 54.9 Å². The summed E-state index contributed by atoms with van der Waals surface area (Å²) in [6.45, 7) is 12.0. The molecule has 1 heterocycles. The van der Waals surface area contributed by atoms with Crippen LogP contribution in [0.4, 0.5) is 5.69 Å². The molecule has 0 bridgehead atoms. The van der Waals surface area contributed by atoms with Gasteiger partial charge in [-0.3, -0.25) is 4.79 Å². The van der Waals surface area contributed by atoms with E-state index < -0.39 is 0 Å². The number of hydrogen-bond donors (Lipinski definition) is 1. The smallest absolute Gasteiger partial charge is 0.236 e. The van der Waals surface area contributed by atoms with Crippen LogP contribution in [0.5, 0.6) is 0 Å². The van der Waals surface area contributed by atoms with Crippen LogP contribution in [-0.2, 0) is 4.79 Å². The van der Waals surface area contributed by atoms with E-state index in [-0.39, 0.29) is 11.8 Å². The molecule has 3 rings (SSSR count). The summed E-state index contributed by atoms with van der Waals surface area (Å²) >= 11 is 6.22. The van der Waals surface area contributed by atoms with Gasteiger partial charge in [0.15, 0.2) is 0 Å². The zero-order chi connectivity index (χ0) is 21.7. The summed E-state index contributed by atoms with van der Waals surface area (Å²) in [4.78, 5) is 14.8. The number of carbonyl (C=O) groups is 1. The van der Waals surface area contributed by atoms with Crippen LogP contribution in [0.3, 0.4) is 0 Å². The number of benzene rings is 2. The second-order valence-corrected chi connectivity index (χ2v) is 8.40. The highest BCUT2D eigenvalue weighted by Gasteiger charge is 2.34. The number of allylic oxidation sites excluding steroid dienone is 1. The van der Waals surface area contributed by atoms with Crippen molar-refractivity contribution in [1.29, 1.82) is 0 Å². The van der Waals surface area contributed by atoms with Crippen molar-refractivity contribution < 1.29 is 4.79 Å². The van der Waals surface area contributed by atoms with Gasteiger partial charge < -0.3 is 10.2 Å². The maximum atomic E-state index is 12.9. The van der Waals surface area contributed by atoms with Gasteiger partial charge in [-0.25, -0.2) is 0 Å². The normalized spacial score (nSPS) is 16.8. The summed E-state index contributed by atoms with van der Waals surface area (Å²) in [5.74, 6) is -0.0378. The fraction of sp³-hybridized carbons (Fsp3) is 0.346. The highest BCUT2D eigenvalue weighted by molar-refractivity contribution is 6.30. The number of amides is 1. The molecule has 2 aromatic carbocycles. The molecule has 1 aliphatic heterocycles. The number of aryl methyl sites for hydroxylation is 2. The van der Waals surface area contributed by atoms with Crippen LogP contribution in [0, 0.1) is 19.8 Å². The van der Waals surface area contributed by atoms with Crippen LogP contribution in [0.1, 0.15) is 42.9 Å². The first-order valence-corrected chi connectivity index (χ1v) is 11.0. The number of hydrogen-bond acceptors (Lipinski definition) is 2. The van der Waals surface area contributed by atoms with Crippen molar-refractivity contribution in [3.05, 3.63) is 82.5 Å². The van der Waals surface area contributed by atoms with E-state index in [0.717, 1.165) is 48.8 Å². The highest BCUT2D eigenvalue weighted by Crippen LogP contribution is 2.29. The Morgan fingerprint density at radius 1 is 1.23 bits per heavy atom. The zero-order valence-electron chi connectivity index (χ0n) is 18.2. The largest absolute Gasteiger partial charge is 0.388 e. The fourth-order valence-electron chi connectivity index (χ4n) is 4.00. The molecule has 1 N–H and O–H groups in total. The van der Waals surface area contributed by atoms with Crippen LogP contribution < -0.4 is 10.2 Å². The minimum Gasteiger partial charge on any atom is -0.388 e. The number of nitrogens with one attached hydrogen (secondary N) is 1. The molecule has 1 atom stereocenters. The van der Waals surface area contributed by atoms with Gasteiger partial charge in [-0.15, -0.1) is 0 Å². The van der Waals surface area contributed by atoms with Gasteiger partial charge in [0.05, 0.1) is 5.92 Å². The van der Waals surface area contributed by atoms with Crippen molar-refractivity contribution in [3.8, 4) is 0 Å². The number of carbonyl (C=O) groups excluding carboxylic acids is 1. The Kier molecular flexibility index (Phi) is 7.38. The Bertz CT molecular complexity index is 946. The van der Waals surface area contributed by atoms with Crippen LogP contribution in [0.15, 0.2) is 60.8 Å². The Morgan fingerprint density at radius 3 is 2.67 bits per heavy atom. The topological polar surface area (TPSA) is 32.3 Å². The van der Waals surface area contributed by atoms with E-state index in [1.807, 2.05) is 41.3 Å². The van der Waals surface area contributed by atoms with Crippen molar-refractivity contribution in [2.45, 2.75) is 40.0 Å². The predicted octanol–water partition coefficient (Wildman–Crippen LogP) is 6.30. The lowest BCUT2D eigenvalue weighted by Gasteiger charge is -2.19. The third-order valence-electron chi connectivity index (χ3n) is 5.71. The number of anilines is 1. The zero-order valence-corrected chi connectivity index (χ0v) is 18.9. The molecule has 1 amide bonds. The van der Waals surface area contributed by atoms with Crippen LogP contribution in [0.25, 0.3) is 5.57 Å². The highest BCUT2D eigenvalue weighted by atomic mass is 35.5. The molecular formula is C26H31ClN2O. The monoisotopic (exact) mass is 422 g/mol. The average Bonchev–Trinajstić information content (AvgIpc) is 3.11. The Labute approximate surface area is 185 Å². The van der Waals surface area contributed by atoms with Gasteiger partial charge in [0.2, 0.25) is 5.91 Å². The third kappa shape index (κ3) is 5.14. The molecule has 1 saturated heterocycles. The van der Waals surface area contributed by atoms with Gasteiger partial charge in [-0.2, -0.15) is 0 Å². The van der Waals surface area contributed by atoms with E-state index in [1.165, 1.54) is 22.3 Å². The number of halogens is 1. The Hall–Kier alpha value is -2.52. The summed E-state index contributed by atoms with van der Waals surface area (Å²) < 4.78 is 0. The summed E-state index contributed by atoms with van der Waals surface area (Å²) in [5, 5.41) is 4.17. The second-order valence-electron chi connectivity index (χ2n) is 7.97. The molecule has 0 saturated carbocycles. The van der Waals surface area contributed by atoms with Gasteiger partial charge in [0, 0.05) is 29.5 Å². The van der Waals surface area contributed by atoms with Gasteiger partial charge in [0.1, 0.15) is 0 Å².